The maximum absolute atomic E-state index is 13.8. The third-order valence-electron chi connectivity index (χ3n) is 9.59. The molecule has 0 spiro atoms. The normalized spacial score (nSPS) is 13.8. The minimum atomic E-state index is -1.53. The van der Waals surface area contributed by atoms with Crippen LogP contribution in [0, 0.1) is 12.8 Å². The number of amides is 6. The molecule has 56 heavy (non-hydrogen) atoms. The number of nitrogens with one attached hydrogen (secondary N) is 6. The van der Waals surface area contributed by atoms with Gasteiger partial charge in [-0.15, -0.1) is 0 Å². The maximum Gasteiger partial charge on any atom is 0.336 e. The molecule has 0 saturated carbocycles. The molecule has 2 rings (SSSR count). The van der Waals surface area contributed by atoms with Gasteiger partial charge in [0, 0.05) is 43.1 Å². The van der Waals surface area contributed by atoms with Gasteiger partial charge in [-0.2, -0.15) is 0 Å². The third kappa shape index (κ3) is 16.5. The van der Waals surface area contributed by atoms with Crippen LogP contribution in [0.4, 0.5) is 5.69 Å². The van der Waals surface area contributed by atoms with E-state index in [0.29, 0.717) is 48.9 Å². The number of fused-ring (bicyclic) bond motifs is 1. The van der Waals surface area contributed by atoms with E-state index in [1.54, 1.807) is 32.9 Å². The van der Waals surface area contributed by atoms with Gasteiger partial charge in [-0.25, -0.2) is 4.79 Å². The number of rotatable bonds is 26. The molecule has 16 nitrogen and oxygen atoms in total. The van der Waals surface area contributed by atoms with Crippen molar-refractivity contribution in [2.24, 2.45) is 5.92 Å². The predicted octanol–water partition coefficient (Wildman–Crippen LogP) is 2.46. The van der Waals surface area contributed by atoms with E-state index in [1.165, 1.54) is 37.8 Å². The Bertz CT molecular complexity index is 1660. The van der Waals surface area contributed by atoms with Gasteiger partial charge >= 0.3 is 5.63 Å². The van der Waals surface area contributed by atoms with Crippen LogP contribution >= 0.6 is 0 Å². The highest BCUT2D eigenvalue weighted by Gasteiger charge is 2.33. The van der Waals surface area contributed by atoms with Gasteiger partial charge in [-0.3, -0.25) is 28.8 Å². The Morgan fingerprint density at radius 1 is 0.732 bits per heavy atom. The van der Waals surface area contributed by atoms with Crippen molar-refractivity contribution >= 4 is 52.1 Å². The largest absolute Gasteiger partial charge is 0.423 e. The van der Waals surface area contributed by atoms with Gasteiger partial charge in [-0.1, -0.05) is 65.7 Å². The molecule has 8 N–H and O–H groups in total. The molecule has 0 fully saturated rings. The van der Waals surface area contributed by atoms with E-state index < -0.39 is 78.5 Å². The first kappa shape index (κ1) is 47.3. The lowest BCUT2D eigenvalue weighted by molar-refractivity contribution is -0.136. The Kier molecular flexibility index (Phi) is 21.4. The summed E-state index contributed by atoms with van der Waals surface area (Å²) in [5.41, 5.74) is 0.756. The Hall–Kier alpha value is -4.83. The number of aryl methyl sites for hydroxylation is 1. The number of aliphatic hydroxyl groups is 2. The van der Waals surface area contributed by atoms with Gasteiger partial charge < -0.3 is 46.5 Å². The van der Waals surface area contributed by atoms with Gasteiger partial charge in [0.25, 0.3) is 0 Å². The van der Waals surface area contributed by atoms with Crippen molar-refractivity contribution in [1.82, 2.24) is 26.6 Å². The topological polar surface area (TPSA) is 245 Å². The minimum Gasteiger partial charge on any atom is -0.423 e. The number of anilines is 1. The fourth-order valence-corrected chi connectivity index (χ4v) is 6.06. The molecule has 2 aromatic rings. The average molecular weight is 787 g/mol. The van der Waals surface area contributed by atoms with Gasteiger partial charge in [0.05, 0.1) is 13.2 Å². The van der Waals surface area contributed by atoms with Crippen LogP contribution in [0.25, 0.3) is 11.0 Å². The molecule has 0 aliphatic heterocycles. The summed E-state index contributed by atoms with van der Waals surface area (Å²) in [6.45, 7) is 7.38. The molecular weight excluding hydrogens is 724 g/mol. The van der Waals surface area contributed by atoms with Crippen LogP contribution < -0.4 is 37.5 Å². The molecule has 16 heteroatoms. The van der Waals surface area contributed by atoms with Gasteiger partial charge in [-0.05, 0) is 56.2 Å². The number of carbonyl (C=O) groups is 6. The number of unbranched alkanes of at least 4 members (excludes halogenated alkanes) is 7. The third-order valence-corrected chi connectivity index (χ3v) is 9.59. The first-order valence-electron chi connectivity index (χ1n) is 19.8. The first-order chi connectivity index (χ1) is 26.7. The average Bonchev–Trinajstić information content (AvgIpc) is 3.16. The lowest BCUT2D eigenvalue weighted by Crippen LogP contribution is -2.60. The van der Waals surface area contributed by atoms with E-state index in [4.69, 9.17) is 4.42 Å². The zero-order chi connectivity index (χ0) is 41.6. The highest BCUT2D eigenvalue weighted by Crippen LogP contribution is 2.21. The Morgan fingerprint density at radius 2 is 1.36 bits per heavy atom. The predicted molar refractivity (Wildman–Crippen MR) is 212 cm³/mol. The molecular formula is C40H62N6O10. The Morgan fingerprint density at radius 3 is 2.00 bits per heavy atom. The Balaban J connectivity index is 2.16. The molecule has 312 valence electrons. The van der Waals surface area contributed by atoms with E-state index in [1.807, 2.05) is 0 Å². The molecule has 1 aromatic carbocycles. The smallest absolute Gasteiger partial charge is 0.336 e. The zero-order valence-corrected chi connectivity index (χ0v) is 33.5. The molecule has 5 atom stereocenters. The van der Waals surface area contributed by atoms with Crippen molar-refractivity contribution in [2.75, 3.05) is 25.1 Å². The summed E-state index contributed by atoms with van der Waals surface area (Å²) < 4.78 is 5.32. The van der Waals surface area contributed by atoms with Crippen LogP contribution in [-0.2, 0) is 28.8 Å². The molecule has 0 saturated heterocycles. The van der Waals surface area contributed by atoms with Gasteiger partial charge in [0.15, 0.2) is 0 Å². The first-order valence-corrected chi connectivity index (χ1v) is 19.8. The number of aliphatic hydroxyl groups excluding tert-OH is 2. The van der Waals surface area contributed by atoms with Crippen LogP contribution in [-0.4, -0.2) is 89.6 Å². The summed E-state index contributed by atoms with van der Waals surface area (Å²) >= 11 is 0. The van der Waals surface area contributed by atoms with Crippen LogP contribution in [0.3, 0.4) is 0 Å². The summed E-state index contributed by atoms with van der Waals surface area (Å²) in [7, 11) is 0. The van der Waals surface area contributed by atoms with Crippen molar-refractivity contribution in [3.05, 3.63) is 40.2 Å². The molecule has 1 aromatic heterocycles. The van der Waals surface area contributed by atoms with Crippen LogP contribution in [0.5, 0.6) is 0 Å². The number of hydrogen-bond donors (Lipinski definition) is 8. The zero-order valence-electron chi connectivity index (χ0n) is 33.5. The summed E-state index contributed by atoms with van der Waals surface area (Å²) in [5.74, 6) is -4.17. The molecule has 1 heterocycles. The van der Waals surface area contributed by atoms with E-state index >= 15 is 0 Å². The van der Waals surface area contributed by atoms with Gasteiger partial charge in [0.1, 0.15) is 29.8 Å². The summed E-state index contributed by atoms with van der Waals surface area (Å²) in [6.07, 6.45) is 9.78. The van der Waals surface area contributed by atoms with Gasteiger partial charge in [0.2, 0.25) is 35.4 Å². The monoisotopic (exact) mass is 786 g/mol. The van der Waals surface area contributed by atoms with E-state index in [2.05, 4.69) is 38.8 Å². The summed E-state index contributed by atoms with van der Waals surface area (Å²) in [6, 6.07) is 1.05. The second-order valence-corrected chi connectivity index (χ2v) is 14.3. The fraction of sp³-hybridized carbons (Fsp3) is 0.625. The van der Waals surface area contributed by atoms with Crippen molar-refractivity contribution in [2.45, 2.75) is 136 Å². The summed E-state index contributed by atoms with van der Waals surface area (Å²) in [4.78, 5) is 89.2. The molecule has 0 unspecified atom stereocenters. The lowest BCUT2D eigenvalue weighted by Gasteiger charge is -2.28. The maximum atomic E-state index is 13.8. The van der Waals surface area contributed by atoms with Crippen LogP contribution in [0.1, 0.15) is 110 Å². The van der Waals surface area contributed by atoms with Crippen molar-refractivity contribution in [3.8, 4) is 0 Å². The highest BCUT2D eigenvalue weighted by molar-refractivity contribution is 6.00. The molecule has 0 radical (unpaired) electrons. The van der Waals surface area contributed by atoms with Crippen LogP contribution in [0.15, 0.2) is 33.5 Å². The van der Waals surface area contributed by atoms with Crippen molar-refractivity contribution in [3.63, 3.8) is 0 Å². The second kappa shape index (κ2) is 25.4. The lowest BCUT2D eigenvalue weighted by atomic mass is 9.97. The van der Waals surface area contributed by atoms with E-state index in [9.17, 15) is 43.8 Å². The summed E-state index contributed by atoms with van der Waals surface area (Å²) in [5, 5.41) is 35.7. The van der Waals surface area contributed by atoms with Crippen molar-refractivity contribution < 1.29 is 43.4 Å². The number of benzene rings is 1. The van der Waals surface area contributed by atoms with E-state index in [0.717, 1.165) is 26.2 Å². The van der Waals surface area contributed by atoms with Crippen LogP contribution in [0.2, 0.25) is 0 Å². The number of carbonyl (C=O) groups excluding carboxylic acids is 6. The quantitative estimate of drug-likeness (QED) is 0.0512. The second-order valence-electron chi connectivity index (χ2n) is 14.3. The highest BCUT2D eigenvalue weighted by atomic mass is 16.4. The Labute approximate surface area is 328 Å². The fourth-order valence-electron chi connectivity index (χ4n) is 6.06. The van der Waals surface area contributed by atoms with Crippen molar-refractivity contribution in [1.29, 1.82) is 0 Å². The SMILES string of the molecule is CCCCCCCCCC(=O)NCCCC[C@H](NC(=O)[C@@H](NC(=O)[C@H](CO)NC(=O)[C@H](CO)NC(C)=O)[C@@H](C)CC)C(=O)Nc1ccc2c(C)cc(=O)oc2c1. The van der Waals surface area contributed by atoms with E-state index in [-0.39, 0.29) is 17.9 Å². The standard InChI is InChI=1S/C40H62N6O10/c1-6-8-9-10-11-12-13-17-34(50)41-20-15-14-16-30(37(52)43-28-18-19-29-26(4)21-35(51)56-33(29)22-28)44-40(55)36(25(3)7-2)46-39(54)32(24-48)45-38(53)31(23-47)42-27(5)49/h18-19,21-22,25,30-32,36,47-48H,6-17,20,23-24H2,1-5H3,(H,41,50)(H,42,49)(H,43,52)(H,44,55)(H,45,53)(H,46,54)/t25-,30-,31-,32-,36-/m0/s1. The number of hydrogen-bond acceptors (Lipinski definition) is 10. The molecule has 0 aliphatic rings. The molecule has 6 amide bonds. The molecule has 0 bridgehead atoms. The minimum absolute atomic E-state index is 0.0362. The molecule has 0 aliphatic carbocycles.